The molecule has 0 bridgehead atoms. The number of esters is 2. The number of ether oxygens (including phenoxy) is 2. The lowest BCUT2D eigenvalue weighted by Crippen LogP contribution is -2.39. The van der Waals surface area contributed by atoms with Crippen LogP contribution in [0.1, 0.15) is 40.0 Å². The average Bonchev–Trinajstić information content (AvgIpc) is 2.55. The van der Waals surface area contributed by atoms with Gasteiger partial charge in [-0.3, -0.25) is 14.4 Å². The zero-order chi connectivity index (χ0) is 19.4. The van der Waals surface area contributed by atoms with Gasteiger partial charge in [0.1, 0.15) is 18.0 Å². The Morgan fingerprint density at radius 2 is 1.81 bits per heavy atom. The highest BCUT2D eigenvalue weighted by atomic mass is 16.6. The van der Waals surface area contributed by atoms with E-state index in [1.54, 1.807) is 13.8 Å². The van der Waals surface area contributed by atoms with Crippen molar-refractivity contribution in [3.8, 4) is 0 Å². The van der Waals surface area contributed by atoms with Crippen LogP contribution in [0.5, 0.6) is 0 Å². The van der Waals surface area contributed by atoms with Crippen molar-refractivity contribution >= 4 is 23.5 Å². The fourth-order valence-corrected chi connectivity index (χ4v) is 3.22. The van der Waals surface area contributed by atoms with Gasteiger partial charge in [0.15, 0.2) is 5.78 Å². The first-order valence-electron chi connectivity index (χ1n) is 8.70. The largest absolute Gasteiger partial charge is 0.460 e. The molecule has 26 heavy (non-hydrogen) atoms. The number of hydrogen-bond acceptors (Lipinski definition) is 7. The first-order valence-corrected chi connectivity index (χ1v) is 8.70. The van der Waals surface area contributed by atoms with Crippen LogP contribution in [0.15, 0.2) is 23.8 Å². The average molecular weight is 364 g/mol. The molecule has 0 radical (unpaired) electrons. The first-order chi connectivity index (χ1) is 12.2. The van der Waals surface area contributed by atoms with Crippen molar-refractivity contribution in [2.45, 2.75) is 58.3 Å². The lowest BCUT2D eigenvalue weighted by atomic mass is 9.75. The lowest BCUT2D eigenvalue weighted by Gasteiger charge is -2.30. The van der Waals surface area contributed by atoms with Gasteiger partial charge < -0.3 is 14.6 Å². The van der Waals surface area contributed by atoms with Crippen LogP contribution < -0.4 is 0 Å². The van der Waals surface area contributed by atoms with Crippen molar-refractivity contribution < 1.29 is 33.8 Å². The maximum Gasteiger partial charge on any atom is 0.330 e. The molecule has 0 aromatic carbocycles. The topological polar surface area (TPSA) is 107 Å². The number of ketones is 2. The molecule has 1 aliphatic carbocycles. The van der Waals surface area contributed by atoms with E-state index in [-0.39, 0.29) is 24.4 Å². The Balaban J connectivity index is 2.33. The van der Waals surface area contributed by atoms with Gasteiger partial charge in [-0.15, -0.1) is 0 Å². The maximum absolute atomic E-state index is 12.7. The number of carbonyl (C=O) groups excluding carboxylic acids is 4. The number of carbonyl (C=O) groups is 4. The minimum atomic E-state index is -1.21. The van der Waals surface area contributed by atoms with E-state index >= 15 is 0 Å². The molecule has 1 N–H and O–H groups in total. The Kier molecular flexibility index (Phi) is 6.47. The van der Waals surface area contributed by atoms with Crippen LogP contribution in [-0.4, -0.2) is 46.9 Å². The van der Waals surface area contributed by atoms with Crippen LogP contribution in [-0.2, 0) is 28.7 Å². The van der Waals surface area contributed by atoms with Crippen molar-refractivity contribution in [1.29, 1.82) is 0 Å². The summed E-state index contributed by atoms with van der Waals surface area (Å²) in [5, 5.41) is 10.0. The molecule has 2 aliphatic rings. The Bertz CT molecular complexity index is 661. The normalized spacial score (nSPS) is 34.3. The van der Waals surface area contributed by atoms with Gasteiger partial charge in [-0.2, -0.15) is 0 Å². The highest BCUT2D eigenvalue weighted by molar-refractivity contribution is 6.00. The Morgan fingerprint density at radius 1 is 1.12 bits per heavy atom. The molecule has 0 amide bonds. The summed E-state index contributed by atoms with van der Waals surface area (Å²) in [4.78, 5) is 48.8. The van der Waals surface area contributed by atoms with Gasteiger partial charge in [-0.05, 0) is 39.3 Å². The zero-order valence-corrected chi connectivity index (χ0v) is 15.1. The van der Waals surface area contributed by atoms with Crippen LogP contribution in [0.2, 0.25) is 0 Å². The number of fused-ring (bicyclic) bond motifs is 1. The van der Waals surface area contributed by atoms with Crippen LogP contribution in [0.25, 0.3) is 0 Å². The van der Waals surface area contributed by atoms with Gasteiger partial charge in [0.25, 0.3) is 0 Å². The standard InChI is InChI=1S/C19H24O7/c1-10-8-13(20)9-14-18(10)16(22)5-4-11(2)25-17(23)7-6-15(21)12(3)26-19(14)24/h6-8,11-12,14-15,18,21H,4-5,9H2,1-3H3/t11-,12-,14-,15+,18-/m0/s1. The molecule has 2 rings (SSSR count). The van der Waals surface area contributed by atoms with Crippen LogP contribution >= 0.6 is 0 Å². The summed E-state index contributed by atoms with van der Waals surface area (Å²) in [6.45, 7) is 4.78. The predicted molar refractivity (Wildman–Crippen MR) is 90.9 cm³/mol. The summed E-state index contributed by atoms with van der Waals surface area (Å²) >= 11 is 0. The third kappa shape index (κ3) is 4.88. The number of rotatable bonds is 0. The maximum atomic E-state index is 12.7. The molecule has 0 spiro atoms. The van der Waals surface area contributed by atoms with Crippen molar-refractivity contribution in [3.05, 3.63) is 23.8 Å². The van der Waals surface area contributed by atoms with Crippen molar-refractivity contribution in [2.75, 3.05) is 0 Å². The Hall–Kier alpha value is -2.28. The van der Waals surface area contributed by atoms with Crippen molar-refractivity contribution in [1.82, 2.24) is 0 Å². The van der Waals surface area contributed by atoms with Gasteiger partial charge >= 0.3 is 11.9 Å². The molecule has 5 atom stereocenters. The minimum absolute atomic E-state index is 0.101. The molecule has 1 aliphatic heterocycles. The summed E-state index contributed by atoms with van der Waals surface area (Å²) in [6.07, 6.45) is 1.32. The van der Waals surface area contributed by atoms with Gasteiger partial charge in [0.05, 0.1) is 17.9 Å². The number of cyclic esters (lactones) is 2. The van der Waals surface area contributed by atoms with Crippen LogP contribution in [0, 0.1) is 11.8 Å². The zero-order valence-electron chi connectivity index (χ0n) is 15.1. The second kappa shape index (κ2) is 8.40. The second-order valence-corrected chi connectivity index (χ2v) is 6.89. The Morgan fingerprint density at radius 3 is 2.50 bits per heavy atom. The third-order valence-corrected chi connectivity index (χ3v) is 4.68. The Labute approximate surface area is 152 Å². The molecule has 142 valence electrons. The molecule has 0 saturated heterocycles. The van der Waals surface area contributed by atoms with E-state index < -0.39 is 42.1 Å². The van der Waals surface area contributed by atoms with E-state index in [1.807, 2.05) is 0 Å². The molecule has 7 heteroatoms. The van der Waals surface area contributed by atoms with Gasteiger partial charge in [0, 0.05) is 18.9 Å². The summed E-state index contributed by atoms with van der Waals surface area (Å²) in [6, 6.07) is 0. The lowest BCUT2D eigenvalue weighted by molar-refractivity contribution is -0.161. The quantitative estimate of drug-likeness (QED) is 0.645. The first kappa shape index (κ1) is 20.0. The van der Waals surface area contributed by atoms with Crippen LogP contribution in [0.4, 0.5) is 0 Å². The molecular formula is C19H24O7. The van der Waals surface area contributed by atoms with E-state index in [4.69, 9.17) is 9.47 Å². The highest BCUT2D eigenvalue weighted by Crippen LogP contribution is 2.32. The van der Waals surface area contributed by atoms with E-state index in [2.05, 4.69) is 0 Å². The molecule has 0 saturated carbocycles. The van der Waals surface area contributed by atoms with Gasteiger partial charge in [-0.25, -0.2) is 4.79 Å². The molecule has 7 nitrogen and oxygen atoms in total. The van der Waals surface area contributed by atoms with E-state index in [0.29, 0.717) is 12.0 Å². The number of aliphatic hydroxyl groups is 1. The number of hydrogen-bond donors (Lipinski definition) is 1. The predicted octanol–water partition coefficient (Wildman–Crippen LogP) is 1.28. The van der Waals surface area contributed by atoms with Crippen LogP contribution in [0.3, 0.4) is 0 Å². The van der Waals surface area contributed by atoms with Gasteiger partial charge in [0.2, 0.25) is 0 Å². The molecule has 0 fully saturated rings. The second-order valence-electron chi connectivity index (χ2n) is 6.89. The summed E-state index contributed by atoms with van der Waals surface area (Å²) in [7, 11) is 0. The summed E-state index contributed by atoms with van der Waals surface area (Å²) in [5.41, 5.74) is 0.526. The minimum Gasteiger partial charge on any atom is -0.460 e. The molecule has 1 heterocycles. The van der Waals surface area contributed by atoms with Gasteiger partial charge in [-0.1, -0.05) is 5.57 Å². The number of allylic oxidation sites excluding steroid dienone is 2. The SMILES string of the molecule is CC1=CC(=O)C[C@@H]2C(=O)O[C@@H](C)[C@H](O)C=CC(=O)O[C@@H](C)CCC(=O)[C@@H]12. The molecule has 0 aromatic heterocycles. The fraction of sp³-hybridized carbons (Fsp3) is 0.579. The third-order valence-electron chi connectivity index (χ3n) is 4.68. The van der Waals surface area contributed by atoms with Crippen molar-refractivity contribution in [2.24, 2.45) is 11.8 Å². The van der Waals surface area contributed by atoms with E-state index in [0.717, 1.165) is 6.08 Å². The summed E-state index contributed by atoms with van der Waals surface area (Å²) in [5.74, 6) is -3.42. The fourth-order valence-electron chi connectivity index (χ4n) is 3.22. The van der Waals surface area contributed by atoms with E-state index in [1.165, 1.54) is 19.1 Å². The summed E-state index contributed by atoms with van der Waals surface area (Å²) < 4.78 is 10.4. The molecule has 0 unspecified atom stereocenters. The van der Waals surface area contributed by atoms with Crippen molar-refractivity contribution in [3.63, 3.8) is 0 Å². The number of aliphatic hydroxyl groups excluding tert-OH is 1. The monoisotopic (exact) mass is 364 g/mol. The highest BCUT2D eigenvalue weighted by Gasteiger charge is 2.40. The van der Waals surface area contributed by atoms with E-state index in [9.17, 15) is 24.3 Å². The number of Topliss-reactive ketones (excluding diaryl/α,β-unsaturated/α-hetero) is 1. The smallest absolute Gasteiger partial charge is 0.330 e. The molecular weight excluding hydrogens is 340 g/mol. The molecule has 0 aromatic rings.